The molecule has 0 unspecified atom stereocenters. The summed E-state index contributed by atoms with van der Waals surface area (Å²) >= 11 is 0. The van der Waals surface area contributed by atoms with Gasteiger partial charge in [-0.25, -0.2) is 4.79 Å². The highest BCUT2D eigenvalue weighted by atomic mass is 16.5. The van der Waals surface area contributed by atoms with Gasteiger partial charge in [0.2, 0.25) is 5.76 Å². The van der Waals surface area contributed by atoms with Gasteiger partial charge in [0.05, 0.1) is 12.8 Å². The molecule has 2 aromatic carbocycles. The van der Waals surface area contributed by atoms with E-state index in [1.165, 1.54) is 7.11 Å². The highest BCUT2D eigenvalue weighted by molar-refractivity contribution is 6.01. The zero-order valence-corrected chi connectivity index (χ0v) is 16.8. The summed E-state index contributed by atoms with van der Waals surface area (Å²) in [6.45, 7) is 0. The minimum atomic E-state index is -0.531. The normalized spacial score (nSPS) is 10.9. The van der Waals surface area contributed by atoms with Crippen molar-refractivity contribution in [2.75, 3.05) is 7.11 Å². The molecule has 31 heavy (non-hydrogen) atoms. The Labute approximate surface area is 177 Å². The van der Waals surface area contributed by atoms with E-state index in [1.54, 1.807) is 30.3 Å². The lowest BCUT2D eigenvalue weighted by molar-refractivity contribution is 0.0563. The van der Waals surface area contributed by atoms with E-state index in [0.29, 0.717) is 23.3 Å². The molecule has 8 heteroatoms. The maximum atomic E-state index is 11.7. The van der Waals surface area contributed by atoms with Gasteiger partial charge in [0, 0.05) is 28.5 Å². The number of hydrogen-bond donors (Lipinski definition) is 5. The predicted molar refractivity (Wildman–Crippen MR) is 119 cm³/mol. The van der Waals surface area contributed by atoms with Crippen LogP contribution in [0.4, 0.5) is 0 Å². The molecule has 0 spiro atoms. The molecule has 0 saturated carbocycles. The van der Waals surface area contributed by atoms with Gasteiger partial charge in [-0.2, -0.15) is 0 Å². The molecule has 0 radical (unpaired) electrons. The molecule has 0 amide bonds. The summed E-state index contributed by atoms with van der Waals surface area (Å²) in [6, 6.07) is 16.2. The number of carbonyl (C=O) groups excluding carboxylic acids is 1. The van der Waals surface area contributed by atoms with E-state index < -0.39 is 5.97 Å². The lowest BCUT2D eigenvalue weighted by atomic mass is 10.00. The number of nitrogen functional groups attached to an aromatic ring is 2. The molecule has 0 aliphatic rings. The summed E-state index contributed by atoms with van der Waals surface area (Å²) in [7, 11) is 1.31. The molecule has 7 N–H and O–H groups in total. The van der Waals surface area contributed by atoms with E-state index in [4.69, 9.17) is 31.4 Å². The van der Waals surface area contributed by atoms with Gasteiger partial charge in [-0.15, -0.1) is 0 Å². The van der Waals surface area contributed by atoms with Gasteiger partial charge in [0.25, 0.3) is 0 Å². The second-order valence-electron chi connectivity index (χ2n) is 7.08. The summed E-state index contributed by atoms with van der Waals surface area (Å²) in [6.07, 6.45) is 0.431. The van der Waals surface area contributed by atoms with Gasteiger partial charge < -0.3 is 25.6 Å². The summed E-state index contributed by atoms with van der Waals surface area (Å²) in [5, 5.41) is 16.3. The molecule has 0 aliphatic heterocycles. The van der Waals surface area contributed by atoms with E-state index in [-0.39, 0.29) is 17.4 Å². The number of hydrogen-bond acceptors (Lipinski definition) is 5. The summed E-state index contributed by atoms with van der Waals surface area (Å²) in [5.41, 5.74) is 16.0. The Morgan fingerprint density at radius 2 is 1.68 bits per heavy atom. The number of esters is 1. The topological polar surface area (TPSA) is 155 Å². The van der Waals surface area contributed by atoms with Crippen LogP contribution < -0.4 is 11.5 Å². The Morgan fingerprint density at radius 3 is 2.32 bits per heavy atom. The van der Waals surface area contributed by atoms with Crippen LogP contribution in [0.1, 0.15) is 33.0 Å². The first-order chi connectivity index (χ1) is 14.9. The number of amidine groups is 2. The van der Waals surface area contributed by atoms with Crippen molar-refractivity contribution in [3.8, 4) is 11.3 Å². The molecule has 0 saturated heterocycles. The van der Waals surface area contributed by atoms with Gasteiger partial charge in [-0.1, -0.05) is 36.4 Å². The number of nitrogens with two attached hydrogens (primary N) is 2. The lowest BCUT2D eigenvalue weighted by Crippen LogP contribution is -2.10. The average molecular weight is 415 g/mol. The van der Waals surface area contributed by atoms with Crippen molar-refractivity contribution in [1.29, 1.82) is 10.8 Å². The van der Waals surface area contributed by atoms with Gasteiger partial charge in [-0.3, -0.25) is 10.8 Å². The van der Waals surface area contributed by atoms with Crippen molar-refractivity contribution >= 4 is 28.5 Å². The van der Waals surface area contributed by atoms with Crippen LogP contribution >= 0.6 is 0 Å². The molecule has 156 valence electrons. The number of aromatic amines is 1. The first kappa shape index (κ1) is 20.0. The number of nitrogens with one attached hydrogen (secondary N) is 3. The van der Waals surface area contributed by atoms with Gasteiger partial charge in [0.1, 0.15) is 17.4 Å². The van der Waals surface area contributed by atoms with Crippen LogP contribution in [0, 0.1) is 10.8 Å². The zero-order chi connectivity index (χ0) is 22.1. The highest BCUT2D eigenvalue weighted by Gasteiger charge is 2.18. The van der Waals surface area contributed by atoms with Crippen LogP contribution in [0.2, 0.25) is 0 Å². The third-order valence-electron chi connectivity index (χ3n) is 5.10. The standard InChI is InChI=1S/C23H21N5O3/c1-30-23(29)19-9-7-15(31-19)11-17-16-8-6-14(22(26)27)10-18(16)28-20(17)12-2-4-13(5-3-12)21(24)25/h2-10,28H,11H2,1H3,(H3,24,25)(H3,26,27). The van der Waals surface area contributed by atoms with Crippen LogP contribution in [0.15, 0.2) is 59.0 Å². The molecule has 4 rings (SSSR count). The molecule has 2 aromatic heterocycles. The largest absolute Gasteiger partial charge is 0.463 e. The quantitative estimate of drug-likeness (QED) is 0.185. The first-order valence-electron chi connectivity index (χ1n) is 9.48. The number of aromatic nitrogens is 1. The van der Waals surface area contributed by atoms with Gasteiger partial charge in [0.15, 0.2) is 0 Å². The Bertz CT molecular complexity index is 1310. The van der Waals surface area contributed by atoms with Crippen LogP contribution in [0.5, 0.6) is 0 Å². The molecule has 0 fully saturated rings. The second-order valence-corrected chi connectivity index (χ2v) is 7.08. The van der Waals surface area contributed by atoms with Crippen LogP contribution in [-0.2, 0) is 11.2 Å². The van der Waals surface area contributed by atoms with E-state index >= 15 is 0 Å². The lowest BCUT2D eigenvalue weighted by Gasteiger charge is -2.06. The van der Waals surface area contributed by atoms with Crippen molar-refractivity contribution in [2.24, 2.45) is 11.5 Å². The second kappa shape index (κ2) is 7.83. The minimum absolute atomic E-state index is 0.000413. The van der Waals surface area contributed by atoms with Crippen molar-refractivity contribution in [3.05, 3.63) is 82.8 Å². The minimum Gasteiger partial charge on any atom is -0.463 e. The van der Waals surface area contributed by atoms with E-state index in [1.807, 2.05) is 24.3 Å². The fraction of sp³-hybridized carbons (Fsp3) is 0.0870. The number of fused-ring (bicyclic) bond motifs is 1. The van der Waals surface area contributed by atoms with Crippen LogP contribution in [-0.4, -0.2) is 29.7 Å². The van der Waals surface area contributed by atoms with Crippen LogP contribution in [0.3, 0.4) is 0 Å². The number of furan rings is 1. The monoisotopic (exact) mass is 415 g/mol. The SMILES string of the molecule is COC(=O)c1ccc(Cc2c(-c3ccc(C(=N)N)cc3)[nH]c3cc(C(=N)N)ccc23)o1. The fourth-order valence-corrected chi connectivity index (χ4v) is 3.53. The summed E-state index contributed by atoms with van der Waals surface area (Å²) in [5.74, 6) is 0.207. The number of carbonyl (C=O) groups is 1. The van der Waals surface area contributed by atoms with Crippen molar-refractivity contribution in [3.63, 3.8) is 0 Å². The van der Waals surface area contributed by atoms with E-state index in [9.17, 15) is 4.79 Å². The molecule has 8 nitrogen and oxygen atoms in total. The Morgan fingerprint density at radius 1 is 1.00 bits per heavy atom. The van der Waals surface area contributed by atoms with Crippen LogP contribution in [0.25, 0.3) is 22.2 Å². The third kappa shape index (κ3) is 3.78. The van der Waals surface area contributed by atoms with E-state index in [2.05, 4.69) is 4.98 Å². The number of ether oxygens (including phenoxy) is 1. The smallest absolute Gasteiger partial charge is 0.373 e. The molecular formula is C23H21N5O3. The number of H-pyrrole nitrogens is 1. The molecular weight excluding hydrogens is 394 g/mol. The zero-order valence-electron chi connectivity index (χ0n) is 16.8. The highest BCUT2D eigenvalue weighted by Crippen LogP contribution is 2.33. The fourth-order valence-electron chi connectivity index (χ4n) is 3.53. The number of benzene rings is 2. The van der Waals surface area contributed by atoms with Gasteiger partial charge >= 0.3 is 5.97 Å². The van der Waals surface area contributed by atoms with Crippen molar-refractivity contribution < 1.29 is 13.9 Å². The maximum Gasteiger partial charge on any atom is 0.373 e. The maximum absolute atomic E-state index is 11.7. The van der Waals surface area contributed by atoms with Crippen molar-refractivity contribution in [1.82, 2.24) is 4.98 Å². The summed E-state index contributed by atoms with van der Waals surface area (Å²) in [4.78, 5) is 15.2. The van der Waals surface area contributed by atoms with Crippen molar-refractivity contribution in [2.45, 2.75) is 6.42 Å². The average Bonchev–Trinajstić information content (AvgIpc) is 3.38. The number of methoxy groups -OCH3 is 1. The van der Waals surface area contributed by atoms with E-state index in [0.717, 1.165) is 27.7 Å². The summed E-state index contributed by atoms with van der Waals surface area (Å²) < 4.78 is 10.4. The first-order valence-corrected chi connectivity index (χ1v) is 9.48. The number of rotatable bonds is 6. The Kier molecular flexibility index (Phi) is 5.04. The molecule has 0 atom stereocenters. The van der Waals surface area contributed by atoms with Gasteiger partial charge in [-0.05, 0) is 29.3 Å². The molecule has 4 aromatic rings. The molecule has 2 heterocycles. The Hall–Kier alpha value is -4.33. The predicted octanol–water partition coefficient (Wildman–Crippen LogP) is 3.37. The Balaban J connectivity index is 1.83. The third-order valence-corrected chi connectivity index (χ3v) is 5.10. The molecule has 0 aliphatic carbocycles. The molecule has 0 bridgehead atoms.